The predicted molar refractivity (Wildman–Crippen MR) is 97.4 cm³/mol. The topological polar surface area (TPSA) is 114 Å². The number of hydrogen-bond acceptors (Lipinski definition) is 7. The first kappa shape index (κ1) is 19.5. The Morgan fingerprint density at radius 1 is 1.41 bits per heavy atom. The predicted octanol–water partition coefficient (Wildman–Crippen LogP) is 0.631. The first-order valence-electron chi connectivity index (χ1n) is 8.81. The van der Waals surface area contributed by atoms with Crippen LogP contribution in [0.2, 0.25) is 0 Å². The van der Waals surface area contributed by atoms with Gasteiger partial charge in [0.2, 0.25) is 21.8 Å². The Morgan fingerprint density at radius 3 is 2.70 bits per heavy atom. The monoisotopic (exact) mass is 396 g/mol. The summed E-state index contributed by atoms with van der Waals surface area (Å²) in [5, 5.41) is 8.10. The Labute approximate surface area is 158 Å². The highest BCUT2D eigenvalue weighted by atomic mass is 32.2. The molecule has 3 rings (SSSR count). The number of piperidine rings is 1. The molecule has 0 spiro atoms. The van der Waals surface area contributed by atoms with E-state index in [1.165, 1.54) is 0 Å². The molecule has 1 fully saturated rings. The summed E-state index contributed by atoms with van der Waals surface area (Å²) in [5.74, 6) is 1.07. The third kappa shape index (κ3) is 4.03. The maximum absolute atomic E-state index is 13.1. The van der Waals surface area contributed by atoms with Crippen LogP contribution in [-0.2, 0) is 34.8 Å². The van der Waals surface area contributed by atoms with Crippen molar-refractivity contribution < 1.29 is 17.7 Å². The van der Waals surface area contributed by atoms with Crippen LogP contribution in [-0.4, -0.2) is 57.4 Å². The first-order chi connectivity index (χ1) is 12.7. The molecule has 0 N–H and O–H groups in total. The highest BCUT2D eigenvalue weighted by molar-refractivity contribution is 7.88. The molecular formula is C16H24N6O4S. The highest BCUT2D eigenvalue weighted by Gasteiger charge is 2.39. The van der Waals surface area contributed by atoms with E-state index in [-0.39, 0.29) is 18.3 Å². The Balaban J connectivity index is 1.89. The molecule has 0 radical (unpaired) electrons. The number of hydrogen-bond donors (Lipinski definition) is 0. The zero-order valence-corrected chi connectivity index (χ0v) is 16.7. The number of aryl methyl sites for hydroxylation is 3. The maximum atomic E-state index is 13.1. The molecule has 3 heterocycles. The summed E-state index contributed by atoms with van der Waals surface area (Å²) in [6, 6.07) is 1.00. The second-order valence-electron chi connectivity index (χ2n) is 6.68. The van der Waals surface area contributed by atoms with Crippen molar-refractivity contribution in [2.75, 3.05) is 17.7 Å². The summed E-state index contributed by atoms with van der Waals surface area (Å²) >= 11 is 0. The lowest BCUT2D eigenvalue weighted by molar-refractivity contribution is -0.123. The third-order valence-electron chi connectivity index (χ3n) is 4.55. The molecule has 27 heavy (non-hydrogen) atoms. The molecule has 1 unspecified atom stereocenters. The minimum atomic E-state index is -3.66. The van der Waals surface area contributed by atoms with E-state index < -0.39 is 16.1 Å². The van der Waals surface area contributed by atoms with Gasteiger partial charge in [0.1, 0.15) is 11.9 Å². The SMILES string of the molecule is CCc1nc(CN(C2CCCN(c3cc(C)nn3C)C2=O)S(C)(=O)=O)no1. The van der Waals surface area contributed by atoms with Crippen molar-refractivity contribution in [2.45, 2.75) is 45.7 Å². The number of aromatic nitrogens is 4. The lowest BCUT2D eigenvalue weighted by Gasteiger charge is -2.36. The fraction of sp³-hybridized carbons (Fsp3) is 0.625. The van der Waals surface area contributed by atoms with E-state index in [0.717, 1.165) is 16.3 Å². The normalized spacial score (nSPS) is 18.5. The molecule has 1 aliphatic rings. The molecule has 148 valence electrons. The number of nitrogens with zero attached hydrogens (tertiary/aromatic N) is 6. The van der Waals surface area contributed by atoms with Crippen LogP contribution >= 0.6 is 0 Å². The average molecular weight is 396 g/mol. The van der Waals surface area contributed by atoms with E-state index in [2.05, 4.69) is 15.2 Å². The standard InChI is InChI=1S/C16H24N6O4S/c1-5-14-17-13(19-26-14)10-22(27(4,24)25)12-7-6-8-21(16(12)23)15-9-11(2)18-20(15)3/h9,12H,5-8,10H2,1-4H3. The molecule has 11 heteroatoms. The van der Waals surface area contributed by atoms with Crippen LogP contribution in [0.25, 0.3) is 0 Å². The van der Waals surface area contributed by atoms with Crippen LogP contribution in [0, 0.1) is 6.92 Å². The van der Waals surface area contributed by atoms with Gasteiger partial charge in [-0.15, -0.1) is 0 Å². The van der Waals surface area contributed by atoms with Gasteiger partial charge < -0.3 is 4.52 Å². The molecular weight excluding hydrogens is 372 g/mol. The molecule has 1 aliphatic heterocycles. The number of carbonyl (C=O) groups excluding carboxylic acids is 1. The summed E-state index contributed by atoms with van der Waals surface area (Å²) in [6.07, 6.45) is 2.77. The number of anilines is 1. The van der Waals surface area contributed by atoms with Gasteiger partial charge in [0.15, 0.2) is 5.82 Å². The van der Waals surface area contributed by atoms with Gasteiger partial charge >= 0.3 is 0 Å². The van der Waals surface area contributed by atoms with Gasteiger partial charge in [0.05, 0.1) is 18.5 Å². The Morgan fingerprint density at radius 2 is 2.15 bits per heavy atom. The number of carbonyl (C=O) groups is 1. The second-order valence-corrected chi connectivity index (χ2v) is 8.62. The summed E-state index contributed by atoms with van der Waals surface area (Å²) in [5.41, 5.74) is 0.793. The van der Waals surface area contributed by atoms with Gasteiger partial charge in [-0.1, -0.05) is 12.1 Å². The lowest BCUT2D eigenvalue weighted by Crippen LogP contribution is -2.54. The fourth-order valence-electron chi connectivity index (χ4n) is 3.30. The average Bonchev–Trinajstić information content (AvgIpc) is 3.18. The summed E-state index contributed by atoms with van der Waals surface area (Å²) < 4.78 is 32.7. The smallest absolute Gasteiger partial charge is 0.246 e. The van der Waals surface area contributed by atoms with Crippen molar-refractivity contribution in [2.24, 2.45) is 7.05 Å². The molecule has 2 aromatic rings. The molecule has 0 bridgehead atoms. The van der Waals surface area contributed by atoms with Crippen molar-refractivity contribution in [3.05, 3.63) is 23.5 Å². The quantitative estimate of drug-likeness (QED) is 0.703. The highest BCUT2D eigenvalue weighted by Crippen LogP contribution is 2.26. The third-order valence-corrected chi connectivity index (χ3v) is 5.78. The van der Waals surface area contributed by atoms with Crippen molar-refractivity contribution >= 4 is 21.7 Å². The minimum Gasteiger partial charge on any atom is -0.339 e. The zero-order valence-electron chi connectivity index (χ0n) is 15.9. The summed E-state index contributed by atoms with van der Waals surface area (Å²) in [4.78, 5) is 18.9. The summed E-state index contributed by atoms with van der Waals surface area (Å²) in [7, 11) is -1.90. The molecule has 10 nitrogen and oxygen atoms in total. The van der Waals surface area contributed by atoms with E-state index in [9.17, 15) is 13.2 Å². The maximum Gasteiger partial charge on any atom is 0.246 e. The van der Waals surface area contributed by atoms with Gasteiger partial charge in [0.25, 0.3) is 0 Å². The lowest BCUT2D eigenvalue weighted by atomic mass is 10.0. The van der Waals surface area contributed by atoms with E-state index in [4.69, 9.17) is 4.52 Å². The Bertz CT molecular complexity index is 935. The largest absolute Gasteiger partial charge is 0.339 e. The second kappa shape index (κ2) is 7.39. The van der Waals surface area contributed by atoms with Crippen LogP contribution in [0.4, 0.5) is 5.82 Å². The zero-order chi connectivity index (χ0) is 19.8. The van der Waals surface area contributed by atoms with E-state index in [1.807, 2.05) is 19.9 Å². The van der Waals surface area contributed by atoms with Gasteiger partial charge in [-0.25, -0.2) is 8.42 Å². The summed E-state index contributed by atoms with van der Waals surface area (Å²) in [6.45, 7) is 4.13. The van der Waals surface area contributed by atoms with Crippen molar-refractivity contribution in [1.29, 1.82) is 0 Å². The number of sulfonamides is 1. The molecule has 0 aliphatic carbocycles. The van der Waals surface area contributed by atoms with Crippen LogP contribution < -0.4 is 4.90 Å². The molecule has 1 saturated heterocycles. The van der Waals surface area contributed by atoms with Crippen molar-refractivity contribution in [3.63, 3.8) is 0 Å². The van der Waals surface area contributed by atoms with Gasteiger partial charge in [-0.2, -0.15) is 14.4 Å². The molecule has 0 aromatic carbocycles. The Kier molecular flexibility index (Phi) is 5.33. The van der Waals surface area contributed by atoms with E-state index in [1.54, 1.807) is 16.6 Å². The van der Waals surface area contributed by atoms with Gasteiger partial charge in [0, 0.05) is 26.1 Å². The minimum absolute atomic E-state index is 0.100. The van der Waals surface area contributed by atoms with Gasteiger partial charge in [-0.3, -0.25) is 14.4 Å². The van der Waals surface area contributed by atoms with Crippen LogP contribution in [0.1, 0.15) is 37.2 Å². The van der Waals surface area contributed by atoms with Crippen LogP contribution in [0.3, 0.4) is 0 Å². The van der Waals surface area contributed by atoms with Crippen LogP contribution in [0.5, 0.6) is 0 Å². The fourth-order valence-corrected chi connectivity index (χ4v) is 4.30. The van der Waals surface area contributed by atoms with Gasteiger partial charge in [-0.05, 0) is 19.8 Å². The number of amides is 1. The van der Waals surface area contributed by atoms with Crippen LogP contribution in [0.15, 0.2) is 10.6 Å². The Hall–Kier alpha value is -2.27. The molecule has 1 amide bonds. The van der Waals surface area contributed by atoms with E-state index >= 15 is 0 Å². The molecule has 2 aromatic heterocycles. The number of rotatable bonds is 6. The van der Waals surface area contributed by atoms with E-state index in [0.29, 0.717) is 37.5 Å². The first-order valence-corrected chi connectivity index (χ1v) is 10.7. The van der Waals surface area contributed by atoms with Crippen molar-refractivity contribution in [3.8, 4) is 0 Å². The molecule has 1 atom stereocenters. The van der Waals surface area contributed by atoms with Crippen molar-refractivity contribution in [1.82, 2.24) is 24.2 Å². The molecule has 0 saturated carbocycles.